The fourth-order valence-electron chi connectivity index (χ4n) is 1.88. The molecular formula is C13H19N3O5. The molecule has 8 heteroatoms. The van der Waals surface area contributed by atoms with Gasteiger partial charge in [0.05, 0.1) is 0 Å². The van der Waals surface area contributed by atoms with Crippen molar-refractivity contribution >= 4 is 11.9 Å². The smallest absolute Gasteiger partial charge is 0.328 e. The zero-order valence-electron chi connectivity index (χ0n) is 12.0. The quantitative estimate of drug-likeness (QED) is 0.713. The summed E-state index contributed by atoms with van der Waals surface area (Å²) in [6.45, 7) is 3.74. The second-order valence-electron chi connectivity index (χ2n) is 4.92. The maximum atomic E-state index is 12.2. The van der Waals surface area contributed by atoms with Crippen LogP contribution in [0.3, 0.4) is 0 Å². The number of amides is 1. The van der Waals surface area contributed by atoms with Crippen LogP contribution >= 0.6 is 0 Å². The lowest BCUT2D eigenvalue weighted by atomic mass is 10.2. The summed E-state index contributed by atoms with van der Waals surface area (Å²) < 4.78 is 1.11. The SMILES string of the molecule is CC(C)N(CCCC(=O)O)C(=O)Cn1ccc(=O)[nH]c1=O. The molecule has 0 atom stereocenters. The normalized spacial score (nSPS) is 10.6. The Morgan fingerprint density at radius 3 is 2.57 bits per heavy atom. The van der Waals surface area contributed by atoms with Crippen LogP contribution in [0, 0.1) is 0 Å². The summed E-state index contributed by atoms with van der Waals surface area (Å²) in [6.07, 6.45) is 1.59. The molecule has 0 fully saturated rings. The monoisotopic (exact) mass is 297 g/mol. The van der Waals surface area contributed by atoms with Gasteiger partial charge in [-0.25, -0.2) is 4.79 Å². The Kier molecular flexibility index (Phi) is 5.89. The number of carboxylic acid groups (broad SMARTS) is 1. The van der Waals surface area contributed by atoms with Gasteiger partial charge >= 0.3 is 11.7 Å². The summed E-state index contributed by atoms with van der Waals surface area (Å²) in [5.74, 6) is -1.22. The summed E-state index contributed by atoms with van der Waals surface area (Å²) in [5.41, 5.74) is -1.17. The standard InChI is InChI=1S/C13H19N3O5/c1-9(2)16(6-3-4-12(19)20)11(18)8-15-7-5-10(17)14-13(15)21/h5,7,9H,3-4,6,8H2,1-2H3,(H,19,20)(H,14,17,21). The van der Waals surface area contributed by atoms with Crippen LogP contribution in [0.2, 0.25) is 0 Å². The van der Waals surface area contributed by atoms with Crippen LogP contribution in [0.25, 0.3) is 0 Å². The van der Waals surface area contributed by atoms with E-state index in [9.17, 15) is 19.2 Å². The van der Waals surface area contributed by atoms with Crippen LogP contribution in [-0.4, -0.2) is 44.0 Å². The Bertz CT molecular complexity index is 617. The molecule has 8 nitrogen and oxygen atoms in total. The zero-order valence-corrected chi connectivity index (χ0v) is 12.0. The Morgan fingerprint density at radius 2 is 2.05 bits per heavy atom. The second kappa shape index (κ2) is 7.41. The Hall–Kier alpha value is -2.38. The lowest BCUT2D eigenvalue weighted by Gasteiger charge is -2.26. The Labute approximate surface area is 121 Å². The van der Waals surface area contributed by atoms with Crippen LogP contribution in [0.1, 0.15) is 26.7 Å². The van der Waals surface area contributed by atoms with Gasteiger partial charge in [-0.2, -0.15) is 0 Å². The first-order chi connectivity index (χ1) is 9.81. The van der Waals surface area contributed by atoms with Gasteiger partial charge in [0.2, 0.25) is 5.91 Å². The Balaban J connectivity index is 2.74. The molecule has 0 aliphatic carbocycles. The van der Waals surface area contributed by atoms with E-state index in [-0.39, 0.29) is 24.9 Å². The molecule has 0 aromatic carbocycles. The lowest BCUT2D eigenvalue weighted by molar-refractivity contribution is -0.138. The summed E-state index contributed by atoms with van der Waals surface area (Å²) in [7, 11) is 0. The third-order valence-corrected chi connectivity index (χ3v) is 2.94. The average Bonchev–Trinajstić information content (AvgIpc) is 2.37. The number of carbonyl (C=O) groups excluding carboxylic acids is 1. The highest BCUT2D eigenvalue weighted by Gasteiger charge is 2.17. The van der Waals surface area contributed by atoms with Crippen molar-refractivity contribution in [2.45, 2.75) is 39.3 Å². The molecule has 0 saturated carbocycles. The summed E-state index contributed by atoms with van der Waals surface area (Å²) in [6, 6.07) is 1.06. The minimum atomic E-state index is -0.914. The van der Waals surface area contributed by atoms with Crippen molar-refractivity contribution in [3.05, 3.63) is 33.1 Å². The van der Waals surface area contributed by atoms with Crippen molar-refractivity contribution in [1.82, 2.24) is 14.5 Å². The summed E-state index contributed by atoms with van der Waals surface area (Å²) in [4.78, 5) is 48.8. The van der Waals surface area contributed by atoms with E-state index in [1.807, 2.05) is 13.8 Å². The highest BCUT2D eigenvalue weighted by molar-refractivity contribution is 5.76. The predicted molar refractivity (Wildman–Crippen MR) is 75.0 cm³/mol. The molecule has 2 N–H and O–H groups in total. The number of carboxylic acids is 1. The van der Waals surface area contributed by atoms with Crippen molar-refractivity contribution in [3.63, 3.8) is 0 Å². The fraction of sp³-hybridized carbons (Fsp3) is 0.538. The first-order valence-corrected chi connectivity index (χ1v) is 6.62. The van der Waals surface area contributed by atoms with Crippen molar-refractivity contribution in [2.24, 2.45) is 0 Å². The van der Waals surface area contributed by atoms with Crippen molar-refractivity contribution in [2.75, 3.05) is 6.54 Å². The molecule has 1 rings (SSSR count). The van der Waals surface area contributed by atoms with E-state index in [4.69, 9.17) is 5.11 Å². The van der Waals surface area contributed by atoms with E-state index in [0.29, 0.717) is 13.0 Å². The van der Waals surface area contributed by atoms with Crippen LogP contribution in [0.4, 0.5) is 0 Å². The van der Waals surface area contributed by atoms with Crippen LogP contribution in [-0.2, 0) is 16.1 Å². The lowest BCUT2D eigenvalue weighted by Crippen LogP contribution is -2.42. The number of hydrogen-bond donors (Lipinski definition) is 2. The highest BCUT2D eigenvalue weighted by Crippen LogP contribution is 2.03. The van der Waals surface area contributed by atoms with Crippen LogP contribution < -0.4 is 11.2 Å². The van der Waals surface area contributed by atoms with E-state index < -0.39 is 17.2 Å². The van der Waals surface area contributed by atoms with Gasteiger partial charge in [0, 0.05) is 31.3 Å². The number of aliphatic carboxylic acids is 1. The van der Waals surface area contributed by atoms with Gasteiger partial charge in [0.15, 0.2) is 0 Å². The van der Waals surface area contributed by atoms with Crippen LogP contribution in [0.15, 0.2) is 21.9 Å². The highest BCUT2D eigenvalue weighted by atomic mass is 16.4. The number of rotatable bonds is 7. The summed E-state index contributed by atoms with van der Waals surface area (Å²) >= 11 is 0. The van der Waals surface area contributed by atoms with Gasteiger partial charge in [0.25, 0.3) is 5.56 Å². The van der Waals surface area contributed by atoms with Crippen molar-refractivity contribution in [3.8, 4) is 0 Å². The molecule has 0 aliphatic heterocycles. The summed E-state index contributed by atoms with van der Waals surface area (Å²) in [5, 5.41) is 8.62. The maximum Gasteiger partial charge on any atom is 0.328 e. The number of nitrogens with one attached hydrogen (secondary N) is 1. The molecular weight excluding hydrogens is 278 g/mol. The molecule has 116 valence electrons. The van der Waals surface area contributed by atoms with Gasteiger partial charge in [-0.15, -0.1) is 0 Å². The minimum Gasteiger partial charge on any atom is -0.481 e. The van der Waals surface area contributed by atoms with E-state index >= 15 is 0 Å². The first kappa shape index (κ1) is 16.7. The van der Waals surface area contributed by atoms with Crippen molar-refractivity contribution < 1.29 is 14.7 Å². The average molecular weight is 297 g/mol. The van der Waals surface area contributed by atoms with Crippen molar-refractivity contribution in [1.29, 1.82) is 0 Å². The molecule has 1 aromatic rings. The number of aromatic amines is 1. The second-order valence-corrected chi connectivity index (χ2v) is 4.92. The first-order valence-electron chi connectivity index (χ1n) is 6.62. The van der Waals surface area contributed by atoms with E-state index in [0.717, 1.165) is 4.57 Å². The van der Waals surface area contributed by atoms with E-state index in [1.54, 1.807) is 0 Å². The maximum absolute atomic E-state index is 12.2. The van der Waals surface area contributed by atoms with Gasteiger partial charge in [-0.1, -0.05) is 0 Å². The third kappa shape index (κ3) is 5.25. The Morgan fingerprint density at radius 1 is 1.38 bits per heavy atom. The van der Waals surface area contributed by atoms with Gasteiger partial charge in [-0.05, 0) is 20.3 Å². The minimum absolute atomic E-state index is 0.0187. The number of hydrogen-bond acceptors (Lipinski definition) is 4. The molecule has 1 heterocycles. The topological polar surface area (TPSA) is 112 Å². The number of H-pyrrole nitrogens is 1. The number of aromatic nitrogens is 2. The largest absolute Gasteiger partial charge is 0.481 e. The van der Waals surface area contributed by atoms with Gasteiger partial charge in [0.1, 0.15) is 6.54 Å². The molecule has 0 unspecified atom stereocenters. The van der Waals surface area contributed by atoms with Gasteiger partial charge < -0.3 is 10.0 Å². The number of carbonyl (C=O) groups is 2. The molecule has 0 saturated heterocycles. The fourth-order valence-corrected chi connectivity index (χ4v) is 1.88. The molecule has 0 radical (unpaired) electrons. The molecule has 1 aromatic heterocycles. The van der Waals surface area contributed by atoms with Crippen LogP contribution in [0.5, 0.6) is 0 Å². The molecule has 21 heavy (non-hydrogen) atoms. The molecule has 0 spiro atoms. The molecule has 0 aliphatic rings. The molecule has 0 bridgehead atoms. The zero-order chi connectivity index (χ0) is 16.0. The van der Waals surface area contributed by atoms with E-state index in [1.165, 1.54) is 17.2 Å². The predicted octanol–water partition coefficient (Wildman–Crippen LogP) is -0.362. The number of nitrogens with zero attached hydrogens (tertiary/aromatic N) is 2. The molecule has 1 amide bonds. The van der Waals surface area contributed by atoms with Gasteiger partial charge in [-0.3, -0.25) is 23.9 Å². The van der Waals surface area contributed by atoms with E-state index in [2.05, 4.69) is 4.98 Å². The third-order valence-electron chi connectivity index (χ3n) is 2.94.